The highest BCUT2D eigenvalue weighted by Gasteiger charge is 2.08. The minimum absolute atomic E-state index is 0.743. The molecule has 2 nitrogen and oxygen atoms in total. The molecule has 0 saturated carbocycles. The molecule has 0 fully saturated rings. The van der Waals surface area contributed by atoms with Gasteiger partial charge in [0, 0.05) is 0 Å². The van der Waals surface area contributed by atoms with E-state index in [0.29, 0.717) is 0 Å². The minimum Gasteiger partial charge on any atom is -0.492 e. The maximum atomic E-state index is 5.93. The first-order valence-corrected chi connectivity index (χ1v) is 10.8. The van der Waals surface area contributed by atoms with E-state index in [1.165, 1.54) is 44.9 Å². The molecule has 0 bridgehead atoms. The number of hydrogen-bond acceptors (Lipinski definition) is 2. The van der Waals surface area contributed by atoms with Gasteiger partial charge >= 0.3 is 0 Å². The monoisotopic (exact) mass is 496 g/mol. The Morgan fingerprint density at radius 3 is 2.04 bits per heavy atom. The third-order valence-corrected chi connectivity index (χ3v) is 5.17. The van der Waals surface area contributed by atoms with Crippen molar-refractivity contribution in [2.24, 2.45) is 0 Å². The van der Waals surface area contributed by atoms with Gasteiger partial charge in [0.25, 0.3) is 0 Å². The van der Waals surface area contributed by atoms with E-state index in [1.54, 1.807) is 0 Å². The predicted molar refractivity (Wildman–Crippen MR) is 111 cm³/mol. The molecule has 0 amide bonds. The number of ether oxygens (including phenoxy) is 2. The Morgan fingerprint density at radius 2 is 1.39 bits per heavy atom. The number of halogens is 2. The summed E-state index contributed by atoms with van der Waals surface area (Å²) in [6.45, 7) is 5.92. The van der Waals surface area contributed by atoms with Gasteiger partial charge in [0.1, 0.15) is 11.5 Å². The van der Waals surface area contributed by atoms with Gasteiger partial charge in [-0.1, -0.05) is 58.8 Å². The van der Waals surface area contributed by atoms with Gasteiger partial charge in [-0.15, -0.1) is 0 Å². The first kappa shape index (κ1) is 21.1. The number of unbranched alkanes of at least 4 members (excludes halogenated alkanes) is 7. The Morgan fingerprint density at radius 1 is 0.783 bits per heavy atom. The summed E-state index contributed by atoms with van der Waals surface area (Å²) in [5, 5.41) is 0. The van der Waals surface area contributed by atoms with E-state index in [9.17, 15) is 0 Å². The van der Waals surface area contributed by atoms with Crippen LogP contribution in [-0.4, -0.2) is 13.2 Å². The summed E-state index contributed by atoms with van der Waals surface area (Å²) in [5.74, 6) is 1.85. The number of rotatable bonds is 13. The number of hydrogen-bond donors (Lipinski definition) is 0. The molecule has 0 atom stereocenters. The van der Waals surface area contributed by atoms with Crippen LogP contribution in [0, 0.1) is 3.57 Å². The van der Waals surface area contributed by atoms with E-state index in [0.717, 1.165) is 45.6 Å². The molecule has 0 heterocycles. The summed E-state index contributed by atoms with van der Waals surface area (Å²) in [5.41, 5.74) is 0. The molecule has 0 unspecified atom stereocenters. The molecular weight excluding hydrogens is 467 g/mol. The lowest BCUT2D eigenvalue weighted by Crippen LogP contribution is -2.01. The maximum absolute atomic E-state index is 5.93. The van der Waals surface area contributed by atoms with Crippen molar-refractivity contribution in [1.82, 2.24) is 0 Å². The van der Waals surface area contributed by atoms with Crippen LogP contribution in [0.25, 0.3) is 0 Å². The average Bonchev–Trinajstić information content (AvgIpc) is 2.54. The first-order chi connectivity index (χ1) is 11.2. The van der Waals surface area contributed by atoms with E-state index in [4.69, 9.17) is 9.47 Å². The largest absolute Gasteiger partial charge is 0.492 e. The van der Waals surface area contributed by atoms with Crippen molar-refractivity contribution in [1.29, 1.82) is 0 Å². The minimum atomic E-state index is 0.743. The fourth-order valence-corrected chi connectivity index (χ4v) is 3.39. The van der Waals surface area contributed by atoms with Crippen LogP contribution in [0.4, 0.5) is 0 Å². The number of benzene rings is 1. The first-order valence-electron chi connectivity index (χ1n) is 8.93. The zero-order valence-electron chi connectivity index (χ0n) is 14.5. The topological polar surface area (TPSA) is 18.5 Å². The smallest absolute Gasteiger partial charge is 0.134 e. The molecule has 0 radical (unpaired) electrons. The zero-order chi connectivity index (χ0) is 16.9. The standard InChI is InChI=1S/C19H30BrIO2/c1-3-5-6-7-8-9-10-11-13-23-19-14-16(20)18(15-17(19)21)22-12-4-2/h14-15H,3-13H2,1-2H3. The SMILES string of the molecule is CCCCCCCCCCOc1cc(Br)c(OCCC)cc1I. The van der Waals surface area contributed by atoms with Crippen LogP contribution in [0.3, 0.4) is 0 Å². The van der Waals surface area contributed by atoms with Gasteiger partial charge in [-0.25, -0.2) is 0 Å². The second kappa shape index (κ2) is 13.3. The quantitative estimate of drug-likeness (QED) is 0.210. The second-order valence-electron chi connectivity index (χ2n) is 5.88. The lowest BCUT2D eigenvalue weighted by Gasteiger charge is -2.12. The normalized spacial score (nSPS) is 10.8. The Balaban J connectivity index is 2.23. The molecule has 0 saturated heterocycles. The van der Waals surface area contributed by atoms with Crippen molar-refractivity contribution in [2.75, 3.05) is 13.2 Å². The van der Waals surface area contributed by atoms with Crippen LogP contribution >= 0.6 is 38.5 Å². The molecular formula is C19H30BrIO2. The second-order valence-corrected chi connectivity index (χ2v) is 7.90. The molecule has 1 aromatic rings. The van der Waals surface area contributed by atoms with Crippen molar-refractivity contribution in [3.8, 4) is 11.5 Å². The molecule has 1 rings (SSSR count). The van der Waals surface area contributed by atoms with E-state index >= 15 is 0 Å². The average molecular weight is 497 g/mol. The van der Waals surface area contributed by atoms with Crippen molar-refractivity contribution in [3.05, 3.63) is 20.2 Å². The maximum Gasteiger partial charge on any atom is 0.134 e. The van der Waals surface area contributed by atoms with E-state index in [1.807, 2.05) is 12.1 Å². The van der Waals surface area contributed by atoms with E-state index in [2.05, 4.69) is 52.4 Å². The zero-order valence-corrected chi connectivity index (χ0v) is 18.2. The lowest BCUT2D eigenvalue weighted by molar-refractivity contribution is 0.297. The van der Waals surface area contributed by atoms with Gasteiger partial charge in [0.05, 0.1) is 21.3 Å². The third kappa shape index (κ3) is 9.18. The summed E-state index contributed by atoms with van der Waals surface area (Å²) < 4.78 is 13.7. The van der Waals surface area contributed by atoms with Gasteiger partial charge in [0.2, 0.25) is 0 Å². The molecule has 0 aliphatic rings. The van der Waals surface area contributed by atoms with Crippen LogP contribution in [0.15, 0.2) is 16.6 Å². The van der Waals surface area contributed by atoms with Crippen molar-refractivity contribution in [3.63, 3.8) is 0 Å². The van der Waals surface area contributed by atoms with E-state index in [-0.39, 0.29) is 0 Å². The van der Waals surface area contributed by atoms with E-state index < -0.39 is 0 Å². The molecule has 0 aliphatic heterocycles. The molecule has 0 N–H and O–H groups in total. The highest BCUT2D eigenvalue weighted by Crippen LogP contribution is 2.34. The van der Waals surface area contributed by atoms with Crippen LogP contribution in [0.2, 0.25) is 0 Å². The Kier molecular flexibility index (Phi) is 12.2. The van der Waals surface area contributed by atoms with Crippen molar-refractivity contribution < 1.29 is 9.47 Å². The highest BCUT2D eigenvalue weighted by molar-refractivity contribution is 14.1. The lowest BCUT2D eigenvalue weighted by atomic mass is 10.1. The Labute approximate surface area is 164 Å². The summed E-state index contributed by atoms with van der Waals surface area (Å²) in [4.78, 5) is 0. The fraction of sp³-hybridized carbons (Fsp3) is 0.684. The Bertz CT molecular complexity index is 438. The van der Waals surface area contributed by atoms with Crippen LogP contribution in [0.5, 0.6) is 11.5 Å². The van der Waals surface area contributed by atoms with Gasteiger partial charge < -0.3 is 9.47 Å². The molecule has 1 aromatic carbocycles. The van der Waals surface area contributed by atoms with Crippen LogP contribution in [-0.2, 0) is 0 Å². The molecule has 0 aliphatic carbocycles. The van der Waals surface area contributed by atoms with Gasteiger partial charge in [-0.3, -0.25) is 0 Å². The third-order valence-electron chi connectivity index (χ3n) is 3.70. The van der Waals surface area contributed by atoms with Gasteiger partial charge in [-0.05, 0) is 63.5 Å². The Hall–Kier alpha value is 0.0300. The van der Waals surface area contributed by atoms with Crippen LogP contribution < -0.4 is 9.47 Å². The van der Waals surface area contributed by atoms with Gasteiger partial charge in [0.15, 0.2) is 0 Å². The summed E-state index contributed by atoms with van der Waals surface area (Å²) in [6, 6.07) is 4.07. The predicted octanol–water partition coefficient (Wildman–Crippen LogP) is 7.36. The molecule has 0 aromatic heterocycles. The molecule has 0 spiro atoms. The summed E-state index contributed by atoms with van der Waals surface area (Å²) >= 11 is 5.88. The molecule has 132 valence electrons. The fourth-order valence-electron chi connectivity index (χ4n) is 2.36. The van der Waals surface area contributed by atoms with Gasteiger partial charge in [-0.2, -0.15) is 0 Å². The molecule has 23 heavy (non-hydrogen) atoms. The van der Waals surface area contributed by atoms with Crippen molar-refractivity contribution >= 4 is 38.5 Å². The summed E-state index contributed by atoms with van der Waals surface area (Å²) in [6.07, 6.45) is 11.6. The highest BCUT2D eigenvalue weighted by atomic mass is 127. The van der Waals surface area contributed by atoms with Crippen molar-refractivity contribution in [2.45, 2.75) is 71.6 Å². The van der Waals surface area contributed by atoms with Crippen LogP contribution in [0.1, 0.15) is 71.6 Å². The molecule has 4 heteroatoms. The summed E-state index contributed by atoms with van der Waals surface area (Å²) in [7, 11) is 0.